The monoisotopic (exact) mass is 379 g/mol. The molecule has 6 nitrogen and oxygen atoms in total. The summed E-state index contributed by atoms with van der Waals surface area (Å²) in [6.45, 7) is 0. The number of carbonyl (C=O) groups excluding carboxylic acids is 2. The Labute approximate surface area is 154 Å². The molecule has 0 aromatic heterocycles. The Morgan fingerprint density at radius 1 is 1.04 bits per heavy atom. The first-order valence-corrected chi connectivity index (χ1v) is 8.05. The predicted octanol–water partition coefficient (Wildman–Crippen LogP) is 3.57. The van der Waals surface area contributed by atoms with Crippen molar-refractivity contribution in [1.29, 1.82) is 0 Å². The van der Waals surface area contributed by atoms with Gasteiger partial charge in [0.2, 0.25) is 11.8 Å². The van der Waals surface area contributed by atoms with Crippen LogP contribution < -0.4 is 10.7 Å². The van der Waals surface area contributed by atoms with Crippen LogP contribution in [0.1, 0.15) is 18.4 Å². The maximum Gasteiger partial charge on any atom is 0.240 e. The molecular formula is C17H15Cl2N3O3. The number of nitrogens with zero attached hydrogens (tertiary/aromatic N) is 1. The van der Waals surface area contributed by atoms with Gasteiger partial charge in [-0.1, -0.05) is 23.2 Å². The number of phenols is 1. The summed E-state index contributed by atoms with van der Waals surface area (Å²) in [4.78, 5) is 23.5. The number of phenolic OH excluding ortho intramolecular Hbond substituents is 1. The van der Waals surface area contributed by atoms with Crippen molar-refractivity contribution in [2.24, 2.45) is 5.10 Å². The highest BCUT2D eigenvalue weighted by Gasteiger charge is 2.09. The quantitative estimate of drug-likeness (QED) is 0.529. The lowest BCUT2D eigenvalue weighted by Crippen LogP contribution is -2.20. The molecule has 0 heterocycles. The number of rotatable bonds is 6. The summed E-state index contributed by atoms with van der Waals surface area (Å²) in [6, 6.07) is 11.0. The Bertz CT molecular complexity index is 792. The van der Waals surface area contributed by atoms with Gasteiger partial charge >= 0.3 is 0 Å². The van der Waals surface area contributed by atoms with E-state index in [-0.39, 0.29) is 24.5 Å². The van der Waals surface area contributed by atoms with Crippen LogP contribution in [-0.2, 0) is 9.59 Å². The second-order valence-corrected chi connectivity index (χ2v) is 5.90. The van der Waals surface area contributed by atoms with Gasteiger partial charge in [-0.3, -0.25) is 9.59 Å². The van der Waals surface area contributed by atoms with Gasteiger partial charge in [0, 0.05) is 17.9 Å². The number of hydrogen-bond donors (Lipinski definition) is 3. The molecule has 25 heavy (non-hydrogen) atoms. The zero-order valence-electron chi connectivity index (χ0n) is 13.0. The second kappa shape index (κ2) is 9.05. The van der Waals surface area contributed by atoms with Crippen molar-refractivity contribution in [2.75, 3.05) is 5.32 Å². The molecule has 0 spiro atoms. The summed E-state index contributed by atoms with van der Waals surface area (Å²) in [5, 5.41) is 16.3. The molecule has 0 saturated heterocycles. The van der Waals surface area contributed by atoms with Gasteiger partial charge in [-0.05, 0) is 48.0 Å². The number of hydrogen-bond acceptors (Lipinski definition) is 4. The molecule has 2 aromatic carbocycles. The molecule has 2 rings (SSSR count). The van der Waals surface area contributed by atoms with Crippen LogP contribution in [0.15, 0.2) is 47.6 Å². The van der Waals surface area contributed by atoms with Gasteiger partial charge in [-0.25, -0.2) is 5.43 Å². The maximum atomic E-state index is 11.8. The fourth-order valence-electron chi connectivity index (χ4n) is 1.83. The van der Waals surface area contributed by atoms with E-state index in [1.807, 2.05) is 0 Å². The molecule has 2 aromatic rings. The fraction of sp³-hybridized carbons (Fsp3) is 0.118. The Kier molecular flexibility index (Phi) is 6.80. The molecule has 0 aliphatic carbocycles. The Balaban J connectivity index is 1.75. The van der Waals surface area contributed by atoms with Crippen molar-refractivity contribution in [3.8, 4) is 5.75 Å². The first-order chi connectivity index (χ1) is 11.9. The number of nitrogens with one attached hydrogen (secondary N) is 2. The Hall–Kier alpha value is -2.57. The standard InChI is InChI=1S/C17H15Cl2N3O3/c18-12-3-6-15(14(19)9-12)21-16(24)7-8-17(25)22-20-10-11-1-4-13(23)5-2-11/h1-6,9-10,23H,7-8H2,(H,21,24)(H,22,25). The van der Waals surface area contributed by atoms with E-state index in [1.54, 1.807) is 24.3 Å². The molecule has 8 heteroatoms. The molecule has 0 radical (unpaired) electrons. The molecule has 0 atom stereocenters. The van der Waals surface area contributed by atoms with Gasteiger partial charge < -0.3 is 10.4 Å². The third-order valence-electron chi connectivity index (χ3n) is 3.08. The van der Waals surface area contributed by atoms with Gasteiger partial charge in [0.1, 0.15) is 5.75 Å². The molecule has 0 aliphatic heterocycles. The number of benzene rings is 2. The van der Waals surface area contributed by atoms with E-state index >= 15 is 0 Å². The topological polar surface area (TPSA) is 90.8 Å². The minimum atomic E-state index is -0.396. The Morgan fingerprint density at radius 3 is 2.40 bits per heavy atom. The van der Waals surface area contributed by atoms with Crippen LogP contribution >= 0.6 is 23.2 Å². The zero-order valence-corrected chi connectivity index (χ0v) is 14.5. The first kappa shape index (κ1) is 18.8. The van der Waals surface area contributed by atoms with Crippen molar-refractivity contribution in [3.05, 3.63) is 58.1 Å². The summed E-state index contributed by atoms with van der Waals surface area (Å²) < 4.78 is 0. The number of anilines is 1. The van der Waals surface area contributed by atoms with Crippen LogP contribution in [0.4, 0.5) is 5.69 Å². The van der Waals surface area contributed by atoms with Crippen molar-refractivity contribution in [1.82, 2.24) is 5.43 Å². The van der Waals surface area contributed by atoms with E-state index in [4.69, 9.17) is 28.3 Å². The molecule has 2 amide bonds. The van der Waals surface area contributed by atoms with E-state index in [2.05, 4.69) is 15.8 Å². The number of hydrazone groups is 1. The first-order valence-electron chi connectivity index (χ1n) is 7.30. The molecular weight excluding hydrogens is 365 g/mol. The van der Waals surface area contributed by atoms with E-state index in [0.717, 1.165) is 0 Å². The molecule has 0 aliphatic rings. The summed E-state index contributed by atoms with van der Waals surface area (Å²) in [7, 11) is 0. The smallest absolute Gasteiger partial charge is 0.240 e. The molecule has 0 unspecified atom stereocenters. The van der Waals surface area contributed by atoms with E-state index in [0.29, 0.717) is 21.3 Å². The number of carbonyl (C=O) groups is 2. The third-order valence-corrected chi connectivity index (χ3v) is 3.63. The van der Waals surface area contributed by atoms with Gasteiger partial charge in [0.15, 0.2) is 0 Å². The average molecular weight is 380 g/mol. The van der Waals surface area contributed by atoms with Crippen LogP contribution in [0.3, 0.4) is 0 Å². The molecule has 130 valence electrons. The fourth-order valence-corrected chi connectivity index (χ4v) is 2.28. The molecule has 0 fully saturated rings. The van der Waals surface area contributed by atoms with Gasteiger partial charge in [0.05, 0.1) is 16.9 Å². The zero-order chi connectivity index (χ0) is 18.2. The number of halogens is 2. The van der Waals surface area contributed by atoms with Crippen molar-refractivity contribution >= 4 is 46.9 Å². The van der Waals surface area contributed by atoms with Crippen molar-refractivity contribution in [3.63, 3.8) is 0 Å². The second-order valence-electron chi connectivity index (χ2n) is 5.06. The van der Waals surface area contributed by atoms with Crippen LogP contribution in [-0.4, -0.2) is 23.1 Å². The number of amides is 2. The highest BCUT2D eigenvalue weighted by atomic mass is 35.5. The van der Waals surface area contributed by atoms with E-state index < -0.39 is 5.91 Å². The average Bonchev–Trinajstić information content (AvgIpc) is 2.57. The largest absolute Gasteiger partial charge is 0.508 e. The summed E-state index contributed by atoms with van der Waals surface area (Å²) in [6.07, 6.45) is 1.40. The van der Waals surface area contributed by atoms with E-state index in [9.17, 15) is 9.59 Å². The van der Waals surface area contributed by atoms with Gasteiger partial charge in [0.25, 0.3) is 0 Å². The van der Waals surface area contributed by atoms with E-state index in [1.165, 1.54) is 24.4 Å². The molecule has 0 bridgehead atoms. The third kappa shape index (κ3) is 6.45. The lowest BCUT2D eigenvalue weighted by Gasteiger charge is -2.07. The summed E-state index contributed by atoms with van der Waals surface area (Å²) >= 11 is 11.7. The minimum Gasteiger partial charge on any atom is -0.508 e. The highest BCUT2D eigenvalue weighted by molar-refractivity contribution is 6.36. The normalized spacial score (nSPS) is 10.6. The van der Waals surface area contributed by atoms with Crippen LogP contribution in [0.2, 0.25) is 10.0 Å². The Morgan fingerprint density at radius 2 is 1.72 bits per heavy atom. The number of aromatic hydroxyl groups is 1. The highest BCUT2D eigenvalue weighted by Crippen LogP contribution is 2.25. The lowest BCUT2D eigenvalue weighted by molar-refractivity contribution is -0.124. The lowest BCUT2D eigenvalue weighted by atomic mass is 10.2. The van der Waals surface area contributed by atoms with Crippen LogP contribution in [0, 0.1) is 0 Å². The van der Waals surface area contributed by atoms with Gasteiger partial charge in [-0.2, -0.15) is 5.10 Å². The van der Waals surface area contributed by atoms with Crippen molar-refractivity contribution < 1.29 is 14.7 Å². The molecule has 3 N–H and O–H groups in total. The molecule has 0 saturated carbocycles. The predicted molar refractivity (Wildman–Crippen MR) is 98.2 cm³/mol. The summed E-state index contributed by atoms with van der Waals surface area (Å²) in [5.74, 6) is -0.595. The van der Waals surface area contributed by atoms with Crippen LogP contribution in [0.5, 0.6) is 5.75 Å². The van der Waals surface area contributed by atoms with Crippen LogP contribution in [0.25, 0.3) is 0 Å². The van der Waals surface area contributed by atoms with Gasteiger partial charge in [-0.15, -0.1) is 0 Å². The minimum absolute atomic E-state index is 0.0144. The van der Waals surface area contributed by atoms with Crippen molar-refractivity contribution in [2.45, 2.75) is 12.8 Å². The summed E-state index contributed by atoms with van der Waals surface area (Å²) in [5.41, 5.74) is 3.48. The maximum absolute atomic E-state index is 11.8. The SMILES string of the molecule is O=C(CCC(=O)Nc1ccc(Cl)cc1Cl)NN=Cc1ccc(O)cc1.